The number of methoxy groups -OCH3 is 1. The lowest BCUT2D eigenvalue weighted by atomic mass is 9.86. The molecule has 1 saturated heterocycles. The molecule has 0 radical (unpaired) electrons. The summed E-state index contributed by atoms with van der Waals surface area (Å²) in [6, 6.07) is 10.3. The highest BCUT2D eigenvalue weighted by atomic mass is 32.2. The number of nitrogens with one attached hydrogen (secondary N) is 2. The van der Waals surface area contributed by atoms with Gasteiger partial charge in [0.1, 0.15) is 17.2 Å². The third-order valence-corrected chi connectivity index (χ3v) is 8.61. The third kappa shape index (κ3) is 10.8. The first-order chi connectivity index (χ1) is 22.8. The van der Waals surface area contributed by atoms with E-state index < -0.39 is 21.5 Å². The van der Waals surface area contributed by atoms with Gasteiger partial charge < -0.3 is 24.4 Å². The van der Waals surface area contributed by atoms with Crippen molar-refractivity contribution in [2.24, 2.45) is 5.92 Å². The Labute approximate surface area is 290 Å². The van der Waals surface area contributed by atoms with Crippen molar-refractivity contribution < 1.29 is 32.2 Å². The van der Waals surface area contributed by atoms with Crippen LogP contribution in [-0.2, 0) is 26.6 Å². The molecule has 2 N–H and O–H groups in total. The molecule has 49 heavy (non-hydrogen) atoms. The van der Waals surface area contributed by atoms with E-state index in [9.17, 15) is 18.0 Å². The molecule has 3 aromatic rings. The highest BCUT2D eigenvalue weighted by molar-refractivity contribution is 7.92. The minimum absolute atomic E-state index is 0.190. The van der Waals surface area contributed by atoms with Crippen LogP contribution in [0.15, 0.2) is 42.6 Å². The maximum absolute atomic E-state index is 13.6. The first-order valence-electron chi connectivity index (χ1n) is 16.4. The quantitative estimate of drug-likeness (QED) is 0.239. The van der Waals surface area contributed by atoms with Crippen molar-refractivity contribution in [3.63, 3.8) is 0 Å². The molecule has 2 heterocycles. The fourth-order valence-electron chi connectivity index (χ4n) is 5.48. The summed E-state index contributed by atoms with van der Waals surface area (Å²) in [6.45, 7) is 14.7. The zero-order valence-corrected chi connectivity index (χ0v) is 30.8. The van der Waals surface area contributed by atoms with E-state index in [0.717, 1.165) is 36.6 Å². The van der Waals surface area contributed by atoms with Crippen LogP contribution in [-0.4, -0.2) is 67.3 Å². The Kier molecular flexibility index (Phi) is 11.5. The van der Waals surface area contributed by atoms with E-state index in [0.29, 0.717) is 54.1 Å². The second-order valence-electron chi connectivity index (χ2n) is 14.5. The van der Waals surface area contributed by atoms with Crippen molar-refractivity contribution in [1.29, 1.82) is 0 Å². The number of carbonyl (C=O) groups excluding carboxylic acids is 2. The number of ether oxygens (including phenoxy) is 3. The van der Waals surface area contributed by atoms with Gasteiger partial charge in [0.05, 0.1) is 24.7 Å². The minimum Gasteiger partial charge on any atom is -0.492 e. The molecule has 12 nitrogen and oxygen atoms in total. The molecule has 1 fully saturated rings. The summed E-state index contributed by atoms with van der Waals surface area (Å²) in [7, 11) is -2.21. The Morgan fingerprint density at radius 2 is 1.71 bits per heavy atom. The molecule has 1 aliphatic rings. The van der Waals surface area contributed by atoms with Crippen molar-refractivity contribution >= 4 is 33.4 Å². The van der Waals surface area contributed by atoms with Gasteiger partial charge in [-0.15, -0.1) is 0 Å². The number of sulfonamides is 1. The average Bonchev–Trinajstić information content (AvgIpc) is 3.22. The van der Waals surface area contributed by atoms with Crippen LogP contribution in [0.25, 0.3) is 0 Å². The number of aryl methyl sites for hydroxylation is 1. The summed E-state index contributed by atoms with van der Waals surface area (Å²) in [5, 5.41) is 2.90. The maximum atomic E-state index is 13.6. The van der Waals surface area contributed by atoms with Crippen molar-refractivity contribution in [2.75, 3.05) is 36.5 Å². The summed E-state index contributed by atoms with van der Waals surface area (Å²) in [5.41, 5.74) is 1.59. The van der Waals surface area contributed by atoms with Gasteiger partial charge >= 0.3 is 6.09 Å². The number of anilines is 2. The second-order valence-corrected chi connectivity index (χ2v) is 16.3. The molecule has 0 saturated carbocycles. The number of amides is 2. The van der Waals surface area contributed by atoms with Gasteiger partial charge in [-0.2, -0.15) is 4.98 Å². The molecule has 0 spiro atoms. The summed E-state index contributed by atoms with van der Waals surface area (Å²) < 4.78 is 44.0. The van der Waals surface area contributed by atoms with Gasteiger partial charge in [-0.25, -0.2) is 18.2 Å². The molecule has 266 valence electrons. The number of rotatable bonds is 9. The monoisotopic (exact) mass is 695 g/mol. The van der Waals surface area contributed by atoms with E-state index in [4.69, 9.17) is 14.2 Å². The van der Waals surface area contributed by atoms with Crippen LogP contribution < -0.4 is 19.5 Å². The van der Waals surface area contributed by atoms with Crippen LogP contribution >= 0.6 is 0 Å². The maximum Gasteiger partial charge on any atom is 0.410 e. The lowest BCUT2D eigenvalue weighted by Gasteiger charge is -2.26. The number of likely N-dealkylation sites (tertiary alicyclic amines) is 1. The van der Waals surface area contributed by atoms with E-state index >= 15 is 0 Å². The Morgan fingerprint density at radius 1 is 1.00 bits per heavy atom. The molecule has 1 aliphatic heterocycles. The van der Waals surface area contributed by atoms with Gasteiger partial charge in [-0.1, -0.05) is 26.8 Å². The SMILES string of the molecule is COc1c(NC(=O)c2ccc(C)c(Oc3ccnc(CC4CCCN(C(=O)OC(C)(C)C)CC4)n3)c2)cc(C(C)(C)C)cc1NS(C)(=O)=O. The molecule has 4 rings (SSSR count). The molecule has 13 heteroatoms. The number of aromatic nitrogens is 2. The number of nitrogens with zero attached hydrogens (tertiary/aromatic N) is 3. The Morgan fingerprint density at radius 3 is 2.37 bits per heavy atom. The molecule has 0 aliphatic carbocycles. The van der Waals surface area contributed by atoms with Crippen LogP contribution in [0.4, 0.5) is 16.2 Å². The zero-order valence-electron chi connectivity index (χ0n) is 30.0. The zero-order chi connectivity index (χ0) is 36.1. The lowest BCUT2D eigenvalue weighted by molar-refractivity contribution is 0.0255. The predicted octanol–water partition coefficient (Wildman–Crippen LogP) is 7.09. The fraction of sp³-hybridized carbons (Fsp3) is 0.500. The molecule has 1 aromatic heterocycles. The Balaban J connectivity index is 1.49. The van der Waals surface area contributed by atoms with E-state index in [1.165, 1.54) is 7.11 Å². The third-order valence-electron chi connectivity index (χ3n) is 8.02. The summed E-state index contributed by atoms with van der Waals surface area (Å²) in [6.07, 6.45) is 5.71. The topological polar surface area (TPSA) is 149 Å². The van der Waals surface area contributed by atoms with E-state index in [1.807, 2.05) is 48.5 Å². The molecule has 2 aromatic carbocycles. The first-order valence-corrected chi connectivity index (χ1v) is 18.3. The smallest absolute Gasteiger partial charge is 0.410 e. The van der Waals surface area contributed by atoms with Gasteiger partial charge in [-0.05, 0) is 93.7 Å². The first kappa shape index (κ1) is 37.4. The van der Waals surface area contributed by atoms with Crippen molar-refractivity contribution in [1.82, 2.24) is 14.9 Å². The van der Waals surface area contributed by atoms with Gasteiger partial charge in [0.15, 0.2) is 5.75 Å². The highest BCUT2D eigenvalue weighted by Crippen LogP contribution is 2.39. The number of carbonyl (C=O) groups is 2. The highest BCUT2D eigenvalue weighted by Gasteiger charge is 2.26. The van der Waals surface area contributed by atoms with Gasteiger partial charge in [0.25, 0.3) is 5.91 Å². The largest absolute Gasteiger partial charge is 0.492 e. The molecule has 2 amide bonds. The van der Waals surface area contributed by atoms with Crippen LogP contribution in [0.3, 0.4) is 0 Å². The second kappa shape index (κ2) is 15.0. The van der Waals surface area contributed by atoms with E-state index in [1.54, 1.807) is 47.5 Å². The number of benzene rings is 2. The molecular weight excluding hydrogens is 646 g/mol. The molecular formula is C36H49N5O7S. The van der Waals surface area contributed by atoms with Crippen molar-refractivity contribution in [2.45, 2.75) is 85.2 Å². The van der Waals surface area contributed by atoms with Crippen molar-refractivity contribution in [3.05, 3.63) is 65.1 Å². The summed E-state index contributed by atoms with van der Waals surface area (Å²) in [4.78, 5) is 37.1. The summed E-state index contributed by atoms with van der Waals surface area (Å²) >= 11 is 0. The number of hydrogen-bond acceptors (Lipinski definition) is 9. The van der Waals surface area contributed by atoms with Crippen LogP contribution in [0, 0.1) is 12.8 Å². The summed E-state index contributed by atoms with van der Waals surface area (Å²) in [5.74, 6) is 1.51. The van der Waals surface area contributed by atoms with E-state index in [-0.39, 0.29) is 22.9 Å². The fourth-order valence-corrected chi connectivity index (χ4v) is 6.03. The molecule has 0 bridgehead atoms. The Hall–Kier alpha value is -4.39. The molecule has 1 atom stereocenters. The Bertz CT molecular complexity index is 1780. The van der Waals surface area contributed by atoms with Crippen LogP contribution in [0.2, 0.25) is 0 Å². The van der Waals surface area contributed by atoms with Crippen LogP contribution in [0.1, 0.15) is 88.1 Å². The van der Waals surface area contributed by atoms with Crippen molar-refractivity contribution in [3.8, 4) is 17.4 Å². The number of hydrogen-bond donors (Lipinski definition) is 2. The lowest BCUT2D eigenvalue weighted by Crippen LogP contribution is -2.37. The van der Waals surface area contributed by atoms with Crippen LogP contribution in [0.5, 0.6) is 17.4 Å². The van der Waals surface area contributed by atoms with Gasteiger partial charge in [0.2, 0.25) is 15.9 Å². The normalized spacial score (nSPS) is 15.6. The minimum atomic E-state index is -3.62. The van der Waals surface area contributed by atoms with Gasteiger partial charge in [0, 0.05) is 37.3 Å². The van der Waals surface area contributed by atoms with E-state index in [2.05, 4.69) is 20.0 Å². The standard InChI is InChI=1S/C36H49N5O7S/c1-23-12-13-25(33(42)38-27-21-26(35(2,3)4)22-28(32(27)46-8)40-49(9,44)45)20-29(23)47-31-14-16-37-30(39-31)19-24-11-10-17-41(18-15-24)34(43)48-36(5,6)7/h12-14,16,20-22,24,40H,10-11,15,17-19H2,1-9H3,(H,38,42). The molecule has 1 unspecified atom stereocenters. The average molecular weight is 696 g/mol. The van der Waals surface area contributed by atoms with Gasteiger partial charge in [-0.3, -0.25) is 9.52 Å². The predicted molar refractivity (Wildman–Crippen MR) is 190 cm³/mol.